The Morgan fingerprint density at radius 1 is 1.11 bits per heavy atom. The van der Waals surface area contributed by atoms with E-state index in [0.29, 0.717) is 22.0 Å². The largest absolute Gasteiger partial charge is 0.388 e. The van der Waals surface area contributed by atoms with Gasteiger partial charge in [0.15, 0.2) is 0 Å². The molecular formula is C16H16Cl2O. The summed E-state index contributed by atoms with van der Waals surface area (Å²) in [4.78, 5) is 0. The fraction of sp³-hybridized carbons (Fsp3) is 0.250. The van der Waals surface area contributed by atoms with Crippen LogP contribution in [0.25, 0.3) is 0 Å². The van der Waals surface area contributed by atoms with Crippen LogP contribution in [0.3, 0.4) is 0 Å². The van der Waals surface area contributed by atoms with E-state index < -0.39 is 6.10 Å². The van der Waals surface area contributed by atoms with Gasteiger partial charge in [0.05, 0.1) is 6.10 Å². The molecule has 1 N–H and O–H groups in total. The van der Waals surface area contributed by atoms with Gasteiger partial charge in [0, 0.05) is 15.6 Å². The summed E-state index contributed by atoms with van der Waals surface area (Å²) in [6.07, 6.45) is 0.854. The van der Waals surface area contributed by atoms with Crippen molar-refractivity contribution in [3.05, 3.63) is 69.2 Å². The summed E-state index contributed by atoms with van der Waals surface area (Å²) in [5.74, 6) is 0. The minimum Gasteiger partial charge on any atom is -0.388 e. The first-order valence-electron chi connectivity index (χ1n) is 6.25. The van der Waals surface area contributed by atoms with Crippen LogP contribution < -0.4 is 0 Å². The molecule has 19 heavy (non-hydrogen) atoms. The number of rotatable bonds is 4. The van der Waals surface area contributed by atoms with Crippen LogP contribution in [-0.4, -0.2) is 5.11 Å². The summed E-state index contributed by atoms with van der Waals surface area (Å²) in [6, 6.07) is 13.4. The standard InChI is InChI=1S/C16H16Cl2O/c1-11-4-2-3-5-12(11)6-9-16(19)14-10-13(17)7-8-15(14)18/h2-5,7-8,10,16,19H,6,9H2,1H3. The van der Waals surface area contributed by atoms with Crippen LogP contribution >= 0.6 is 23.2 Å². The third-order valence-electron chi connectivity index (χ3n) is 3.27. The molecule has 0 saturated heterocycles. The van der Waals surface area contributed by atoms with Crippen molar-refractivity contribution in [2.24, 2.45) is 0 Å². The van der Waals surface area contributed by atoms with Gasteiger partial charge in [0.2, 0.25) is 0 Å². The normalized spacial score (nSPS) is 12.4. The molecule has 0 aromatic heterocycles. The summed E-state index contributed by atoms with van der Waals surface area (Å²) >= 11 is 12.0. The molecule has 0 amide bonds. The van der Waals surface area contributed by atoms with Crippen molar-refractivity contribution < 1.29 is 5.11 Å². The van der Waals surface area contributed by atoms with E-state index in [4.69, 9.17) is 23.2 Å². The van der Waals surface area contributed by atoms with Crippen LogP contribution in [0.5, 0.6) is 0 Å². The molecule has 1 unspecified atom stereocenters. The second kappa shape index (κ2) is 6.42. The first-order valence-corrected chi connectivity index (χ1v) is 7.01. The zero-order valence-electron chi connectivity index (χ0n) is 10.7. The second-order valence-electron chi connectivity index (χ2n) is 4.65. The lowest BCUT2D eigenvalue weighted by Gasteiger charge is -2.14. The molecule has 0 bridgehead atoms. The number of benzene rings is 2. The molecule has 100 valence electrons. The lowest BCUT2D eigenvalue weighted by Crippen LogP contribution is -2.01. The minimum absolute atomic E-state index is 0.557. The van der Waals surface area contributed by atoms with Crippen LogP contribution in [-0.2, 0) is 6.42 Å². The predicted octanol–water partition coefficient (Wildman–Crippen LogP) is 4.97. The number of hydrogen-bond acceptors (Lipinski definition) is 1. The smallest absolute Gasteiger partial charge is 0.0808 e. The summed E-state index contributed by atoms with van der Waals surface area (Å²) < 4.78 is 0. The van der Waals surface area contributed by atoms with E-state index in [1.165, 1.54) is 11.1 Å². The Labute approximate surface area is 123 Å². The quantitative estimate of drug-likeness (QED) is 0.844. The third kappa shape index (κ3) is 3.73. The van der Waals surface area contributed by atoms with Gasteiger partial charge in [0.25, 0.3) is 0 Å². The molecule has 0 radical (unpaired) electrons. The van der Waals surface area contributed by atoms with E-state index >= 15 is 0 Å². The fourth-order valence-electron chi connectivity index (χ4n) is 2.11. The van der Waals surface area contributed by atoms with Crippen LogP contribution in [0.15, 0.2) is 42.5 Å². The van der Waals surface area contributed by atoms with Crippen LogP contribution in [0, 0.1) is 6.92 Å². The average molecular weight is 295 g/mol. The van der Waals surface area contributed by atoms with Crippen molar-refractivity contribution >= 4 is 23.2 Å². The molecule has 3 heteroatoms. The van der Waals surface area contributed by atoms with Crippen molar-refractivity contribution in [1.29, 1.82) is 0 Å². The minimum atomic E-state index is -0.592. The Morgan fingerprint density at radius 3 is 2.58 bits per heavy atom. The molecule has 1 atom stereocenters. The molecule has 0 aliphatic rings. The zero-order valence-corrected chi connectivity index (χ0v) is 12.2. The van der Waals surface area contributed by atoms with Gasteiger partial charge >= 0.3 is 0 Å². The molecule has 0 heterocycles. The molecule has 0 fully saturated rings. The van der Waals surface area contributed by atoms with Gasteiger partial charge in [-0.1, -0.05) is 47.5 Å². The molecular weight excluding hydrogens is 279 g/mol. The van der Waals surface area contributed by atoms with Crippen molar-refractivity contribution in [3.63, 3.8) is 0 Å². The summed E-state index contributed by atoms with van der Waals surface area (Å²) in [5, 5.41) is 11.4. The van der Waals surface area contributed by atoms with Crippen molar-refractivity contribution in [2.45, 2.75) is 25.9 Å². The molecule has 2 rings (SSSR count). The molecule has 0 saturated carbocycles. The topological polar surface area (TPSA) is 20.2 Å². The first kappa shape index (κ1) is 14.4. The molecule has 1 nitrogen and oxygen atoms in total. The molecule has 2 aromatic rings. The Balaban J connectivity index is 2.07. The van der Waals surface area contributed by atoms with Crippen LogP contribution in [0.1, 0.15) is 29.2 Å². The van der Waals surface area contributed by atoms with Gasteiger partial charge in [-0.15, -0.1) is 0 Å². The Bertz CT molecular complexity index is 566. The molecule has 0 spiro atoms. The lowest BCUT2D eigenvalue weighted by atomic mass is 9.99. The van der Waals surface area contributed by atoms with Gasteiger partial charge in [-0.25, -0.2) is 0 Å². The molecule has 2 aromatic carbocycles. The van der Waals surface area contributed by atoms with Gasteiger partial charge in [0.1, 0.15) is 0 Å². The summed E-state index contributed by atoms with van der Waals surface area (Å²) in [6.45, 7) is 2.08. The Kier molecular flexibility index (Phi) is 4.87. The van der Waals surface area contributed by atoms with Crippen molar-refractivity contribution in [3.8, 4) is 0 Å². The van der Waals surface area contributed by atoms with E-state index in [2.05, 4.69) is 19.1 Å². The highest BCUT2D eigenvalue weighted by atomic mass is 35.5. The lowest BCUT2D eigenvalue weighted by molar-refractivity contribution is 0.168. The number of aryl methyl sites for hydroxylation is 2. The number of aliphatic hydroxyl groups is 1. The summed E-state index contributed by atoms with van der Waals surface area (Å²) in [7, 11) is 0. The van der Waals surface area contributed by atoms with E-state index in [1.54, 1.807) is 18.2 Å². The zero-order chi connectivity index (χ0) is 13.8. The van der Waals surface area contributed by atoms with Crippen LogP contribution in [0.4, 0.5) is 0 Å². The fourth-order valence-corrected chi connectivity index (χ4v) is 2.53. The monoisotopic (exact) mass is 294 g/mol. The predicted molar refractivity (Wildman–Crippen MR) is 80.9 cm³/mol. The van der Waals surface area contributed by atoms with E-state index in [1.807, 2.05) is 12.1 Å². The van der Waals surface area contributed by atoms with Gasteiger partial charge in [-0.2, -0.15) is 0 Å². The highest BCUT2D eigenvalue weighted by Crippen LogP contribution is 2.29. The highest BCUT2D eigenvalue weighted by Gasteiger charge is 2.12. The SMILES string of the molecule is Cc1ccccc1CCC(O)c1cc(Cl)ccc1Cl. The highest BCUT2D eigenvalue weighted by molar-refractivity contribution is 6.33. The van der Waals surface area contributed by atoms with Crippen LogP contribution in [0.2, 0.25) is 10.0 Å². The summed E-state index contributed by atoms with van der Waals surface area (Å²) in [5.41, 5.74) is 3.19. The second-order valence-corrected chi connectivity index (χ2v) is 5.49. The average Bonchev–Trinajstić information content (AvgIpc) is 2.40. The number of aliphatic hydroxyl groups excluding tert-OH is 1. The third-order valence-corrected chi connectivity index (χ3v) is 3.84. The van der Waals surface area contributed by atoms with Gasteiger partial charge in [-0.3, -0.25) is 0 Å². The Hall–Kier alpha value is -1.02. The molecule has 0 aliphatic carbocycles. The van der Waals surface area contributed by atoms with Gasteiger partial charge in [-0.05, 0) is 49.1 Å². The maximum Gasteiger partial charge on any atom is 0.0808 e. The van der Waals surface area contributed by atoms with Crippen molar-refractivity contribution in [1.82, 2.24) is 0 Å². The first-order chi connectivity index (χ1) is 9.08. The van der Waals surface area contributed by atoms with Gasteiger partial charge < -0.3 is 5.11 Å². The van der Waals surface area contributed by atoms with E-state index in [9.17, 15) is 5.11 Å². The maximum absolute atomic E-state index is 10.2. The molecule has 0 aliphatic heterocycles. The van der Waals surface area contributed by atoms with E-state index in [-0.39, 0.29) is 0 Å². The number of halogens is 2. The maximum atomic E-state index is 10.2. The number of hydrogen-bond donors (Lipinski definition) is 1. The van der Waals surface area contributed by atoms with Crippen molar-refractivity contribution in [2.75, 3.05) is 0 Å². The Morgan fingerprint density at radius 2 is 1.84 bits per heavy atom. The van der Waals surface area contributed by atoms with E-state index in [0.717, 1.165) is 6.42 Å².